The molecule has 0 spiro atoms. The summed E-state index contributed by atoms with van der Waals surface area (Å²) in [6, 6.07) is 3.23. The van der Waals surface area contributed by atoms with Crippen LogP contribution in [0.25, 0.3) is 0 Å². The number of aryl methyl sites for hydroxylation is 1. The van der Waals surface area contributed by atoms with Gasteiger partial charge in [-0.2, -0.15) is 0 Å². The van der Waals surface area contributed by atoms with Gasteiger partial charge in [0, 0.05) is 23.5 Å². The fraction of sp³-hybridized carbons (Fsp3) is 0.286. The van der Waals surface area contributed by atoms with Gasteiger partial charge in [0.15, 0.2) is 11.5 Å². The van der Waals surface area contributed by atoms with Gasteiger partial charge < -0.3 is 24.5 Å². The van der Waals surface area contributed by atoms with Crippen molar-refractivity contribution in [2.24, 2.45) is 0 Å². The third kappa shape index (κ3) is 3.06. The summed E-state index contributed by atoms with van der Waals surface area (Å²) in [5.41, 5.74) is 1.000. The molecule has 0 bridgehead atoms. The lowest BCUT2D eigenvalue weighted by atomic mass is 10.2. The minimum Gasteiger partial charge on any atom is -0.493 e. The molecule has 22 heavy (non-hydrogen) atoms. The molecular weight excluding hydrogens is 308 g/mol. The van der Waals surface area contributed by atoms with E-state index in [-0.39, 0.29) is 10.8 Å². The number of nitrogens with one attached hydrogen (secondary N) is 2. The van der Waals surface area contributed by atoms with Crippen LogP contribution in [0, 0.1) is 6.92 Å². The van der Waals surface area contributed by atoms with E-state index in [1.165, 1.54) is 21.3 Å². The first kappa shape index (κ1) is 15.9. The molecular formula is C14H16N2O5S. The lowest BCUT2D eigenvalue weighted by Crippen LogP contribution is -2.12. The number of benzene rings is 1. The van der Waals surface area contributed by atoms with Crippen molar-refractivity contribution in [3.8, 4) is 17.2 Å². The van der Waals surface area contributed by atoms with Gasteiger partial charge in [0.2, 0.25) is 5.75 Å². The number of rotatable bonds is 5. The van der Waals surface area contributed by atoms with Crippen molar-refractivity contribution in [2.75, 3.05) is 26.6 Å². The number of aromatic amines is 1. The van der Waals surface area contributed by atoms with Crippen molar-refractivity contribution in [3.05, 3.63) is 32.4 Å². The maximum atomic E-state index is 12.2. The van der Waals surface area contributed by atoms with Gasteiger partial charge in [-0.1, -0.05) is 11.3 Å². The zero-order valence-corrected chi connectivity index (χ0v) is 13.4. The fourth-order valence-corrected chi connectivity index (χ4v) is 2.70. The van der Waals surface area contributed by atoms with Crippen molar-refractivity contribution in [1.82, 2.24) is 4.98 Å². The van der Waals surface area contributed by atoms with Gasteiger partial charge >= 0.3 is 4.87 Å². The number of aromatic nitrogens is 1. The molecule has 2 N–H and O–H groups in total. The van der Waals surface area contributed by atoms with Gasteiger partial charge in [0.1, 0.15) is 4.88 Å². The Labute approximate surface area is 130 Å². The lowest BCUT2D eigenvalue weighted by Gasteiger charge is -2.14. The number of hydrogen-bond donors (Lipinski definition) is 2. The summed E-state index contributed by atoms with van der Waals surface area (Å²) in [6.45, 7) is 1.67. The first-order valence-corrected chi connectivity index (χ1v) is 7.12. The number of carbonyl (C=O) groups excluding carboxylic acids is 1. The van der Waals surface area contributed by atoms with Crippen molar-refractivity contribution >= 4 is 22.9 Å². The number of hydrogen-bond acceptors (Lipinski definition) is 6. The third-order valence-corrected chi connectivity index (χ3v) is 3.94. The minimum atomic E-state index is -0.380. The number of methoxy groups -OCH3 is 3. The van der Waals surface area contributed by atoms with Gasteiger partial charge in [0.05, 0.1) is 21.3 Å². The minimum absolute atomic E-state index is 0.271. The van der Waals surface area contributed by atoms with E-state index in [0.29, 0.717) is 33.5 Å². The zero-order valence-electron chi connectivity index (χ0n) is 12.6. The summed E-state index contributed by atoms with van der Waals surface area (Å²) in [4.78, 5) is 26.1. The first-order chi connectivity index (χ1) is 10.5. The lowest BCUT2D eigenvalue weighted by molar-refractivity contribution is 0.103. The Balaban J connectivity index is 2.35. The SMILES string of the molecule is COc1cc(NC(=O)c2sc(=O)[nH]c2C)cc(OC)c1OC. The summed E-state index contributed by atoms with van der Waals surface area (Å²) in [5, 5.41) is 2.71. The maximum Gasteiger partial charge on any atom is 0.305 e. The van der Waals surface area contributed by atoms with Crippen LogP contribution in [-0.2, 0) is 0 Å². The third-order valence-electron chi connectivity index (χ3n) is 2.95. The van der Waals surface area contributed by atoms with Crippen LogP contribution in [-0.4, -0.2) is 32.2 Å². The number of ether oxygens (including phenoxy) is 3. The highest BCUT2D eigenvalue weighted by Crippen LogP contribution is 2.40. The predicted octanol–water partition coefficient (Wildman–Crippen LogP) is 2.02. The van der Waals surface area contributed by atoms with Gasteiger partial charge in [-0.05, 0) is 6.92 Å². The normalized spacial score (nSPS) is 10.2. The molecule has 0 atom stereocenters. The summed E-state index contributed by atoms with van der Waals surface area (Å²) in [6.07, 6.45) is 0. The average Bonchev–Trinajstić information content (AvgIpc) is 2.84. The number of anilines is 1. The number of carbonyl (C=O) groups is 1. The van der Waals surface area contributed by atoms with Crippen LogP contribution >= 0.6 is 11.3 Å². The van der Waals surface area contributed by atoms with Crippen molar-refractivity contribution in [2.45, 2.75) is 6.92 Å². The van der Waals surface area contributed by atoms with E-state index in [0.717, 1.165) is 11.3 Å². The van der Waals surface area contributed by atoms with Crippen LogP contribution in [0.3, 0.4) is 0 Å². The molecule has 2 rings (SSSR count). The molecule has 0 unspecified atom stereocenters. The van der Waals surface area contributed by atoms with Crippen LogP contribution in [0.5, 0.6) is 17.2 Å². The maximum absolute atomic E-state index is 12.2. The number of H-pyrrole nitrogens is 1. The van der Waals surface area contributed by atoms with E-state index in [9.17, 15) is 9.59 Å². The van der Waals surface area contributed by atoms with Crippen LogP contribution in [0.4, 0.5) is 5.69 Å². The largest absolute Gasteiger partial charge is 0.493 e. The molecule has 7 nitrogen and oxygen atoms in total. The highest BCUT2D eigenvalue weighted by molar-refractivity contribution is 7.11. The summed E-state index contributed by atoms with van der Waals surface area (Å²) in [7, 11) is 4.48. The second kappa shape index (κ2) is 6.52. The van der Waals surface area contributed by atoms with E-state index >= 15 is 0 Å². The van der Waals surface area contributed by atoms with E-state index < -0.39 is 0 Å². The molecule has 1 aromatic carbocycles. The molecule has 118 valence electrons. The predicted molar refractivity (Wildman–Crippen MR) is 83.7 cm³/mol. The monoisotopic (exact) mass is 324 g/mol. The molecule has 0 aliphatic rings. The van der Waals surface area contributed by atoms with Gasteiger partial charge in [-0.15, -0.1) is 0 Å². The molecule has 0 aliphatic carbocycles. The van der Waals surface area contributed by atoms with Crippen molar-refractivity contribution < 1.29 is 19.0 Å². The molecule has 0 aliphatic heterocycles. The topological polar surface area (TPSA) is 89.7 Å². The molecule has 0 saturated carbocycles. The van der Waals surface area contributed by atoms with Crippen LogP contribution < -0.4 is 24.4 Å². The van der Waals surface area contributed by atoms with Crippen LogP contribution in [0.15, 0.2) is 16.9 Å². The molecule has 0 radical (unpaired) electrons. The molecule has 1 amide bonds. The average molecular weight is 324 g/mol. The standard InChI is InChI=1S/C14H16N2O5S/c1-7-12(22-14(18)15-7)13(17)16-8-5-9(19-2)11(21-4)10(6-8)20-3/h5-6H,1-4H3,(H,15,18)(H,16,17). The fourth-order valence-electron chi connectivity index (χ4n) is 1.96. The zero-order chi connectivity index (χ0) is 16.3. The highest BCUT2D eigenvalue weighted by Gasteiger charge is 2.17. The van der Waals surface area contributed by atoms with E-state index in [2.05, 4.69) is 10.3 Å². The summed E-state index contributed by atoms with van der Waals surface area (Å²) >= 11 is 0.859. The Morgan fingerprint density at radius 1 is 1.14 bits per heavy atom. The Bertz CT molecular complexity index is 725. The van der Waals surface area contributed by atoms with Crippen molar-refractivity contribution in [1.29, 1.82) is 0 Å². The Morgan fingerprint density at radius 3 is 2.14 bits per heavy atom. The highest BCUT2D eigenvalue weighted by atomic mass is 32.1. The number of thiazole rings is 1. The van der Waals surface area contributed by atoms with E-state index in [4.69, 9.17) is 14.2 Å². The Morgan fingerprint density at radius 2 is 1.73 bits per heavy atom. The van der Waals surface area contributed by atoms with Gasteiger partial charge in [-0.25, -0.2) is 0 Å². The van der Waals surface area contributed by atoms with Crippen LogP contribution in [0.1, 0.15) is 15.4 Å². The van der Waals surface area contributed by atoms with Gasteiger partial charge in [0.25, 0.3) is 5.91 Å². The van der Waals surface area contributed by atoms with Crippen molar-refractivity contribution in [3.63, 3.8) is 0 Å². The quantitative estimate of drug-likeness (QED) is 0.878. The Hall–Kier alpha value is -2.48. The molecule has 1 heterocycles. The summed E-state index contributed by atoms with van der Waals surface area (Å²) < 4.78 is 15.7. The molecule has 8 heteroatoms. The molecule has 0 fully saturated rings. The second-order valence-corrected chi connectivity index (χ2v) is 5.32. The smallest absolute Gasteiger partial charge is 0.305 e. The molecule has 1 aromatic heterocycles. The summed E-state index contributed by atoms with van der Waals surface area (Å²) in [5.74, 6) is 0.910. The van der Waals surface area contributed by atoms with E-state index in [1.807, 2.05) is 0 Å². The Kier molecular flexibility index (Phi) is 4.71. The van der Waals surface area contributed by atoms with Gasteiger partial charge in [-0.3, -0.25) is 9.59 Å². The van der Waals surface area contributed by atoms with E-state index in [1.54, 1.807) is 19.1 Å². The second-order valence-electron chi connectivity index (χ2n) is 4.34. The van der Waals surface area contributed by atoms with Crippen LogP contribution in [0.2, 0.25) is 0 Å². The number of amides is 1. The first-order valence-electron chi connectivity index (χ1n) is 6.31. The molecule has 2 aromatic rings. The molecule has 0 saturated heterocycles.